The summed E-state index contributed by atoms with van der Waals surface area (Å²) in [6, 6.07) is 2.77. The van der Waals surface area contributed by atoms with Crippen LogP contribution in [-0.2, 0) is 6.61 Å². The molecular weight excluding hydrogens is 245 g/mol. The molecule has 0 fully saturated rings. The van der Waals surface area contributed by atoms with Gasteiger partial charge in [0.1, 0.15) is 12.4 Å². The first-order chi connectivity index (χ1) is 7.33. The predicted octanol–water partition coefficient (Wildman–Crippen LogP) is 2.23. The predicted molar refractivity (Wildman–Crippen MR) is 54.5 cm³/mol. The number of pyridine rings is 1. The summed E-state index contributed by atoms with van der Waals surface area (Å²) in [5.41, 5.74) is 0.160. The summed E-state index contributed by atoms with van der Waals surface area (Å²) in [5.74, 6) is 0.116. The molecule has 0 bridgehead atoms. The van der Waals surface area contributed by atoms with Gasteiger partial charge in [-0.3, -0.25) is 0 Å². The van der Waals surface area contributed by atoms with Crippen LogP contribution in [0.4, 0.5) is 19.0 Å². The minimum absolute atomic E-state index is 0.116. The van der Waals surface area contributed by atoms with E-state index in [-0.39, 0.29) is 16.5 Å². The Bertz CT molecular complexity index is 370. The van der Waals surface area contributed by atoms with Crippen LogP contribution in [0.2, 0.25) is 5.02 Å². The van der Waals surface area contributed by atoms with E-state index >= 15 is 0 Å². The van der Waals surface area contributed by atoms with Crippen LogP contribution in [0.1, 0.15) is 5.69 Å². The van der Waals surface area contributed by atoms with Crippen molar-refractivity contribution in [2.45, 2.75) is 12.8 Å². The third-order valence-electron chi connectivity index (χ3n) is 1.86. The Balaban J connectivity index is 2.88. The molecule has 3 nitrogen and oxygen atoms in total. The second-order valence-corrected chi connectivity index (χ2v) is 3.63. The lowest BCUT2D eigenvalue weighted by Crippen LogP contribution is -2.31. The van der Waals surface area contributed by atoms with E-state index in [0.717, 1.165) is 4.90 Å². The van der Waals surface area contributed by atoms with Crippen LogP contribution in [0.25, 0.3) is 0 Å². The molecule has 1 heterocycles. The molecule has 0 saturated carbocycles. The Morgan fingerprint density at radius 2 is 2.06 bits per heavy atom. The van der Waals surface area contributed by atoms with Crippen molar-refractivity contribution in [2.75, 3.05) is 18.5 Å². The van der Waals surface area contributed by atoms with E-state index in [1.165, 1.54) is 19.2 Å². The van der Waals surface area contributed by atoms with Crippen LogP contribution in [-0.4, -0.2) is 29.9 Å². The van der Waals surface area contributed by atoms with Gasteiger partial charge in [0.15, 0.2) is 0 Å². The first-order valence-corrected chi connectivity index (χ1v) is 4.75. The number of aliphatic hydroxyl groups excluding tert-OH is 1. The van der Waals surface area contributed by atoms with Gasteiger partial charge in [-0.2, -0.15) is 13.2 Å². The van der Waals surface area contributed by atoms with Crippen molar-refractivity contribution >= 4 is 17.4 Å². The average molecular weight is 255 g/mol. The fourth-order valence-corrected chi connectivity index (χ4v) is 1.31. The van der Waals surface area contributed by atoms with E-state index < -0.39 is 19.3 Å². The zero-order valence-electron chi connectivity index (χ0n) is 8.42. The lowest BCUT2D eigenvalue weighted by Gasteiger charge is -2.20. The zero-order chi connectivity index (χ0) is 12.3. The molecule has 0 radical (unpaired) electrons. The molecule has 0 amide bonds. The molecule has 0 aromatic carbocycles. The minimum atomic E-state index is -4.30. The molecule has 1 rings (SSSR count). The Hall–Kier alpha value is -1.01. The van der Waals surface area contributed by atoms with E-state index in [2.05, 4.69) is 4.98 Å². The van der Waals surface area contributed by atoms with E-state index in [0.29, 0.717) is 0 Å². The zero-order valence-corrected chi connectivity index (χ0v) is 9.18. The summed E-state index contributed by atoms with van der Waals surface area (Å²) < 4.78 is 36.3. The maximum atomic E-state index is 12.1. The summed E-state index contributed by atoms with van der Waals surface area (Å²) >= 11 is 5.67. The molecule has 1 aromatic heterocycles. The van der Waals surface area contributed by atoms with Gasteiger partial charge >= 0.3 is 6.18 Å². The van der Waals surface area contributed by atoms with Gasteiger partial charge in [0.2, 0.25) is 0 Å². The monoisotopic (exact) mass is 254 g/mol. The number of nitrogens with zero attached hydrogens (tertiary/aromatic N) is 2. The van der Waals surface area contributed by atoms with Gasteiger partial charge in [-0.1, -0.05) is 11.6 Å². The van der Waals surface area contributed by atoms with E-state index in [9.17, 15) is 13.2 Å². The average Bonchev–Trinajstić information content (AvgIpc) is 2.15. The van der Waals surface area contributed by atoms with Crippen LogP contribution in [0.15, 0.2) is 12.1 Å². The Morgan fingerprint density at radius 3 is 2.56 bits per heavy atom. The number of anilines is 1. The van der Waals surface area contributed by atoms with E-state index in [1.807, 2.05) is 0 Å². The summed E-state index contributed by atoms with van der Waals surface area (Å²) in [5, 5.41) is 9.10. The first kappa shape index (κ1) is 13.1. The first-order valence-electron chi connectivity index (χ1n) is 4.37. The van der Waals surface area contributed by atoms with Crippen molar-refractivity contribution in [3.05, 3.63) is 22.8 Å². The molecule has 0 unspecified atom stereocenters. The van der Waals surface area contributed by atoms with E-state index in [1.54, 1.807) is 0 Å². The molecule has 0 aliphatic heterocycles. The van der Waals surface area contributed by atoms with Crippen molar-refractivity contribution in [3.8, 4) is 0 Å². The number of rotatable bonds is 3. The van der Waals surface area contributed by atoms with Gasteiger partial charge in [0, 0.05) is 7.05 Å². The molecule has 90 valence electrons. The Kier molecular flexibility index (Phi) is 3.98. The quantitative estimate of drug-likeness (QED) is 0.899. The second kappa shape index (κ2) is 4.88. The third-order valence-corrected chi connectivity index (χ3v) is 2.21. The lowest BCUT2D eigenvalue weighted by molar-refractivity contribution is -0.119. The number of aromatic nitrogens is 1. The number of halogens is 4. The molecule has 1 aromatic rings. The highest BCUT2D eigenvalue weighted by Crippen LogP contribution is 2.22. The van der Waals surface area contributed by atoms with E-state index in [4.69, 9.17) is 16.7 Å². The molecule has 0 aliphatic carbocycles. The molecular formula is C9H10ClF3N2O. The third kappa shape index (κ3) is 3.53. The molecule has 1 N–H and O–H groups in total. The van der Waals surface area contributed by atoms with Gasteiger partial charge in [-0.05, 0) is 12.1 Å². The van der Waals surface area contributed by atoms with Crippen molar-refractivity contribution in [2.24, 2.45) is 0 Å². The highest BCUT2D eigenvalue weighted by atomic mass is 35.5. The fraction of sp³-hybridized carbons (Fsp3) is 0.444. The SMILES string of the molecule is CN(CC(F)(F)F)c1ccc(Cl)c(CO)n1. The van der Waals surface area contributed by atoms with Gasteiger partial charge in [-0.25, -0.2) is 4.98 Å². The summed E-state index contributed by atoms with van der Waals surface area (Å²) in [6.45, 7) is -1.51. The molecule has 0 aliphatic rings. The van der Waals surface area contributed by atoms with Crippen molar-refractivity contribution in [3.63, 3.8) is 0 Å². The van der Waals surface area contributed by atoms with Crippen LogP contribution in [0.5, 0.6) is 0 Å². The number of alkyl halides is 3. The largest absolute Gasteiger partial charge is 0.405 e. The lowest BCUT2D eigenvalue weighted by atomic mass is 10.3. The van der Waals surface area contributed by atoms with Gasteiger partial charge in [-0.15, -0.1) is 0 Å². The minimum Gasteiger partial charge on any atom is -0.390 e. The number of hydrogen-bond acceptors (Lipinski definition) is 3. The smallest absolute Gasteiger partial charge is 0.390 e. The molecule has 0 atom stereocenters. The summed E-state index contributed by atoms with van der Waals surface area (Å²) in [6.07, 6.45) is -4.30. The maximum absolute atomic E-state index is 12.1. The van der Waals surface area contributed by atoms with Crippen molar-refractivity contribution in [1.29, 1.82) is 0 Å². The number of hydrogen-bond donors (Lipinski definition) is 1. The normalized spacial score (nSPS) is 11.6. The fourth-order valence-electron chi connectivity index (χ4n) is 1.15. The van der Waals surface area contributed by atoms with Crippen LogP contribution in [0, 0.1) is 0 Å². The molecule has 16 heavy (non-hydrogen) atoms. The van der Waals surface area contributed by atoms with Crippen LogP contribution in [0.3, 0.4) is 0 Å². The summed E-state index contributed by atoms with van der Waals surface area (Å²) in [4.78, 5) is 4.76. The van der Waals surface area contributed by atoms with Gasteiger partial charge in [0.25, 0.3) is 0 Å². The highest BCUT2D eigenvalue weighted by molar-refractivity contribution is 6.31. The van der Waals surface area contributed by atoms with Gasteiger partial charge in [0.05, 0.1) is 17.3 Å². The van der Waals surface area contributed by atoms with Crippen molar-refractivity contribution in [1.82, 2.24) is 4.98 Å². The van der Waals surface area contributed by atoms with Crippen molar-refractivity contribution < 1.29 is 18.3 Å². The highest BCUT2D eigenvalue weighted by Gasteiger charge is 2.29. The number of aliphatic hydroxyl groups is 1. The second-order valence-electron chi connectivity index (χ2n) is 3.23. The standard InChI is InChI=1S/C9H10ClF3N2O/c1-15(5-9(11,12)13)8-3-2-6(10)7(4-16)14-8/h2-3,16H,4-5H2,1H3. The summed E-state index contributed by atoms with van der Waals surface area (Å²) in [7, 11) is 1.27. The molecule has 0 spiro atoms. The molecule has 0 saturated heterocycles. The van der Waals surface area contributed by atoms with Gasteiger partial charge < -0.3 is 10.0 Å². The Labute approximate surface area is 95.5 Å². The van der Waals surface area contributed by atoms with Crippen LogP contribution < -0.4 is 4.90 Å². The maximum Gasteiger partial charge on any atom is 0.405 e. The Morgan fingerprint density at radius 1 is 1.44 bits per heavy atom. The van der Waals surface area contributed by atoms with Crippen LogP contribution >= 0.6 is 11.6 Å². The topological polar surface area (TPSA) is 36.4 Å². The molecule has 7 heteroatoms.